The van der Waals surface area contributed by atoms with Crippen LogP contribution in [-0.2, 0) is 4.74 Å². The topological polar surface area (TPSA) is 74.8 Å². The molecule has 6 nitrogen and oxygen atoms in total. The van der Waals surface area contributed by atoms with Crippen LogP contribution in [0.4, 0.5) is 4.79 Å². The van der Waals surface area contributed by atoms with Gasteiger partial charge in [0.05, 0.1) is 0 Å². The van der Waals surface area contributed by atoms with Crippen molar-refractivity contribution in [1.82, 2.24) is 16.0 Å². The fourth-order valence-corrected chi connectivity index (χ4v) is 1.82. The minimum Gasteiger partial charge on any atom is -0.444 e. The van der Waals surface area contributed by atoms with Crippen LogP contribution in [-0.4, -0.2) is 44.3 Å². The van der Waals surface area contributed by atoms with Crippen LogP contribution in [0, 0.1) is 5.92 Å². The van der Waals surface area contributed by atoms with E-state index in [0.717, 1.165) is 31.4 Å². The van der Waals surface area contributed by atoms with Crippen molar-refractivity contribution in [1.29, 1.82) is 0 Å². The van der Waals surface area contributed by atoms with E-state index in [1.54, 1.807) is 7.05 Å². The second-order valence-corrected chi connectivity index (χ2v) is 6.44. The fourth-order valence-electron chi connectivity index (χ4n) is 1.82. The third-order valence-electron chi connectivity index (χ3n) is 3.08. The lowest BCUT2D eigenvalue weighted by Crippen LogP contribution is -2.39. The van der Waals surface area contributed by atoms with E-state index < -0.39 is 5.60 Å². The molecule has 1 aliphatic carbocycles. The van der Waals surface area contributed by atoms with E-state index >= 15 is 0 Å². The molecular weight excluding hydrogens is 395 g/mol. The Morgan fingerprint density at radius 3 is 2.27 bits per heavy atom. The lowest BCUT2D eigenvalue weighted by molar-refractivity contribution is 0.0527. The predicted octanol–water partition coefficient (Wildman–Crippen LogP) is 2.48. The van der Waals surface area contributed by atoms with Crippen LogP contribution in [0.2, 0.25) is 0 Å². The van der Waals surface area contributed by atoms with E-state index in [-0.39, 0.29) is 30.1 Å². The zero-order valence-electron chi connectivity index (χ0n) is 14.2. The summed E-state index contributed by atoms with van der Waals surface area (Å²) in [5.74, 6) is 1.75. The largest absolute Gasteiger partial charge is 0.444 e. The molecule has 0 spiro atoms. The van der Waals surface area contributed by atoms with Crippen molar-refractivity contribution < 1.29 is 9.53 Å². The molecule has 0 atom stereocenters. The average Bonchev–Trinajstić information content (AvgIpc) is 3.18. The van der Waals surface area contributed by atoms with Gasteiger partial charge in [-0.3, -0.25) is 4.99 Å². The Balaban J connectivity index is 0.00000441. The van der Waals surface area contributed by atoms with Gasteiger partial charge in [0, 0.05) is 26.7 Å². The van der Waals surface area contributed by atoms with Gasteiger partial charge in [0.1, 0.15) is 5.60 Å². The molecule has 1 aliphatic rings. The minimum atomic E-state index is -0.449. The van der Waals surface area contributed by atoms with Crippen LogP contribution >= 0.6 is 24.0 Å². The van der Waals surface area contributed by atoms with Crippen molar-refractivity contribution in [2.24, 2.45) is 10.9 Å². The number of hydrogen-bond acceptors (Lipinski definition) is 3. The molecule has 0 aromatic heterocycles. The number of nitrogens with zero attached hydrogens (tertiary/aromatic N) is 1. The first-order valence-electron chi connectivity index (χ1n) is 7.82. The first kappa shape index (κ1) is 21.3. The maximum Gasteiger partial charge on any atom is 0.407 e. The molecule has 0 aromatic carbocycles. The van der Waals surface area contributed by atoms with E-state index in [0.29, 0.717) is 6.54 Å². The van der Waals surface area contributed by atoms with Gasteiger partial charge >= 0.3 is 6.09 Å². The SMILES string of the molecule is CN=C(NCCCNC(=O)OC(C)(C)C)NCCC1CC1.I. The third-order valence-corrected chi connectivity index (χ3v) is 3.08. The van der Waals surface area contributed by atoms with Gasteiger partial charge in [-0.25, -0.2) is 4.79 Å². The van der Waals surface area contributed by atoms with Gasteiger partial charge in [-0.2, -0.15) is 0 Å². The summed E-state index contributed by atoms with van der Waals surface area (Å²) >= 11 is 0. The normalized spacial score (nSPS) is 14.8. The number of amides is 1. The molecule has 0 saturated heterocycles. The summed E-state index contributed by atoms with van der Waals surface area (Å²) in [5, 5.41) is 9.27. The molecule has 22 heavy (non-hydrogen) atoms. The van der Waals surface area contributed by atoms with Gasteiger partial charge in [0.25, 0.3) is 0 Å². The van der Waals surface area contributed by atoms with Crippen molar-refractivity contribution in [2.45, 2.75) is 52.1 Å². The number of carbonyl (C=O) groups is 1. The highest BCUT2D eigenvalue weighted by Crippen LogP contribution is 2.31. The second kappa shape index (κ2) is 10.9. The first-order valence-corrected chi connectivity index (χ1v) is 7.82. The lowest BCUT2D eigenvalue weighted by Gasteiger charge is -2.19. The van der Waals surface area contributed by atoms with E-state index in [1.165, 1.54) is 19.3 Å². The predicted molar refractivity (Wildman–Crippen MR) is 101 cm³/mol. The molecule has 7 heteroatoms. The number of carbonyl (C=O) groups excluding carboxylic acids is 1. The van der Waals surface area contributed by atoms with Gasteiger partial charge in [0.15, 0.2) is 5.96 Å². The van der Waals surface area contributed by atoms with Crippen molar-refractivity contribution in [2.75, 3.05) is 26.7 Å². The summed E-state index contributed by atoms with van der Waals surface area (Å²) in [6.45, 7) is 7.88. The van der Waals surface area contributed by atoms with E-state index in [2.05, 4.69) is 20.9 Å². The molecule has 0 aliphatic heterocycles. The summed E-state index contributed by atoms with van der Waals surface area (Å²) in [4.78, 5) is 15.6. The molecule has 0 unspecified atom stereocenters. The molecule has 1 fully saturated rings. The number of nitrogens with one attached hydrogen (secondary N) is 3. The monoisotopic (exact) mass is 426 g/mol. The quantitative estimate of drug-likeness (QED) is 0.253. The zero-order valence-corrected chi connectivity index (χ0v) is 16.5. The lowest BCUT2D eigenvalue weighted by atomic mass is 10.2. The second-order valence-electron chi connectivity index (χ2n) is 6.44. The summed E-state index contributed by atoms with van der Waals surface area (Å²) in [6.07, 6.45) is 4.44. The van der Waals surface area contributed by atoms with Crippen LogP contribution in [0.5, 0.6) is 0 Å². The molecule has 1 saturated carbocycles. The van der Waals surface area contributed by atoms with Crippen molar-refractivity contribution in [3.8, 4) is 0 Å². The summed E-state index contributed by atoms with van der Waals surface area (Å²) in [7, 11) is 1.77. The van der Waals surface area contributed by atoms with Crippen LogP contribution in [0.1, 0.15) is 46.5 Å². The molecule has 0 heterocycles. The Labute approximate surface area is 151 Å². The molecule has 1 rings (SSSR count). The average molecular weight is 426 g/mol. The molecule has 0 bridgehead atoms. The van der Waals surface area contributed by atoms with Crippen molar-refractivity contribution >= 4 is 36.0 Å². The Bertz CT molecular complexity index is 352. The standard InChI is InChI=1S/C15H30N4O2.HI/c1-15(2,3)21-14(20)19-10-5-9-17-13(16-4)18-11-8-12-6-7-12;/h12H,5-11H2,1-4H3,(H,19,20)(H2,16,17,18);1H. The molecule has 0 aromatic rings. The van der Waals surface area contributed by atoms with Gasteiger partial charge in [0.2, 0.25) is 0 Å². The van der Waals surface area contributed by atoms with E-state index in [9.17, 15) is 4.79 Å². The van der Waals surface area contributed by atoms with Crippen LogP contribution in [0.3, 0.4) is 0 Å². The van der Waals surface area contributed by atoms with Gasteiger partial charge in [-0.15, -0.1) is 24.0 Å². The minimum absolute atomic E-state index is 0. The van der Waals surface area contributed by atoms with Crippen LogP contribution in [0.15, 0.2) is 4.99 Å². The first-order chi connectivity index (χ1) is 9.90. The maximum atomic E-state index is 11.4. The van der Waals surface area contributed by atoms with Crippen LogP contribution < -0.4 is 16.0 Å². The number of ether oxygens (including phenoxy) is 1. The highest BCUT2D eigenvalue weighted by atomic mass is 127. The number of rotatable bonds is 7. The van der Waals surface area contributed by atoms with Crippen molar-refractivity contribution in [3.63, 3.8) is 0 Å². The Morgan fingerprint density at radius 2 is 1.73 bits per heavy atom. The van der Waals surface area contributed by atoms with Crippen molar-refractivity contribution in [3.05, 3.63) is 0 Å². The van der Waals surface area contributed by atoms with E-state index in [1.807, 2.05) is 20.8 Å². The highest BCUT2D eigenvalue weighted by Gasteiger charge is 2.20. The summed E-state index contributed by atoms with van der Waals surface area (Å²) in [6, 6.07) is 0. The maximum absolute atomic E-state index is 11.4. The molecule has 3 N–H and O–H groups in total. The molecule has 1 amide bonds. The third kappa shape index (κ3) is 11.9. The van der Waals surface area contributed by atoms with Gasteiger partial charge < -0.3 is 20.7 Å². The molecular formula is C15H31IN4O2. The smallest absolute Gasteiger partial charge is 0.407 e. The van der Waals surface area contributed by atoms with Crippen LogP contribution in [0.25, 0.3) is 0 Å². The fraction of sp³-hybridized carbons (Fsp3) is 0.867. The Morgan fingerprint density at radius 1 is 1.14 bits per heavy atom. The Hall–Kier alpha value is -0.730. The number of alkyl carbamates (subject to hydrolysis) is 1. The van der Waals surface area contributed by atoms with E-state index in [4.69, 9.17) is 4.74 Å². The number of hydrogen-bond donors (Lipinski definition) is 3. The zero-order chi connectivity index (χ0) is 15.7. The summed E-state index contributed by atoms with van der Waals surface area (Å²) in [5.41, 5.74) is -0.449. The van der Waals surface area contributed by atoms with Gasteiger partial charge in [-0.1, -0.05) is 12.8 Å². The summed E-state index contributed by atoms with van der Waals surface area (Å²) < 4.78 is 5.16. The molecule has 0 radical (unpaired) electrons. The molecule has 130 valence electrons. The number of aliphatic imine (C=N–C) groups is 1. The number of guanidine groups is 1. The number of halogens is 1. The Kier molecular flexibility index (Phi) is 10.5. The van der Waals surface area contributed by atoms with Gasteiger partial charge in [-0.05, 0) is 39.5 Å². The highest BCUT2D eigenvalue weighted by molar-refractivity contribution is 14.0.